The maximum Gasteiger partial charge on any atom is 0.405 e. The predicted octanol–water partition coefficient (Wildman–Crippen LogP) is 1.80. The molecule has 4 nitrogen and oxygen atoms in total. The lowest BCUT2D eigenvalue weighted by Gasteiger charge is -2.20. The highest BCUT2D eigenvalue weighted by atomic mass is 19.4. The molecule has 106 valence electrons. The third-order valence-electron chi connectivity index (χ3n) is 2.56. The standard InChI is InChI=1S/C12H16F3N3O/c1-8(10-3-5-16-6-4-10)18-9(2)11(19)17-7-12(13,14)15/h3-6,8-9,18H,7H2,1-2H3,(H,17,19)/t8-,9?/m0/s1. The van der Waals surface area contributed by atoms with Crippen LogP contribution in [-0.2, 0) is 4.79 Å². The molecule has 0 aliphatic carbocycles. The summed E-state index contributed by atoms with van der Waals surface area (Å²) < 4.78 is 35.9. The fourth-order valence-corrected chi connectivity index (χ4v) is 1.54. The molecule has 2 N–H and O–H groups in total. The molecular formula is C12H16F3N3O. The van der Waals surface area contributed by atoms with E-state index in [0.717, 1.165) is 5.56 Å². The zero-order valence-corrected chi connectivity index (χ0v) is 10.7. The Labute approximate surface area is 109 Å². The van der Waals surface area contributed by atoms with Gasteiger partial charge in [-0.15, -0.1) is 0 Å². The van der Waals surface area contributed by atoms with E-state index in [0.29, 0.717) is 0 Å². The van der Waals surface area contributed by atoms with E-state index in [4.69, 9.17) is 0 Å². The molecule has 1 unspecified atom stereocenters. The van der Waals surface area contributed by atoms with Crippen LogP contribution in [0.5, 0.6) is 0 Å². The molecule has 1 aromatic heterocycles. The molecule has 0 aliphatic heterocycles. The van der Waals surface area contributed by atoms with Crippen LogP contribution in [0.3, 0.4) is 0 Å². The zero-order valence-electron chi connectivity index (χ0n) is 10.7. The fraction of sp³-hybridized carbons (Fsp3) is 0.500. The molecule has 1 amide bonds. The summed E-state index contributed by atoms with van der Waals surface area (Å²) in [5, 5.41) is 4.77. The van der Waals surface area contributed by atoms with Crippen LogP contribution < -0.4 is 10.6 Å². The molecule has 0 saturated heterocycles. The van der Waals surface area contributed by atoms with Crippen molar-refractivity contribution >= 4 is 5.91 Å². The smallest absolute Gasteiger partial charge is 0.346 e. The van der Waals surface area contributed by atoms with Gasteiger partial charge in [0, 0.05) is 18.4 Å². The van der Waals surface area contributed by atoms with Gasteiger partial charge in [0.25, 0.3) is 0 Å². The lowest BCUT2D eigenvalue weighted by Crippen LogP contribution is -2.45. The van der Waals surface area contributed by atoms with Crippen molar-refractivity contribution in [1.82, 2.24) is 15.6 Å². The number of pyridine rings is 1. The first-order valence-corrected chi connectivity index (χ1v) is 5.80. The fourth-order valence-electron chi connectivity index (χ4n) is 1.54. The maximum absolute atomic E-state index is 12.0. The highest BCUT2D eigenvalue weighted by Gasteiger charge is 2.28. The monoisotopic (exact) mass is 275 g/mol. The van der Waals surface area contributed by atoms with Crippen LogP contribution in [0.4, 0.5) is 13.2 Å². The number of rotatable bonds is 5. The highest BCUT2D eigenvalue weighted by molar-refractivity contribution is 5.81. The summed E-state index contributed by atoms with van der Waals surface area (Å²) >= 11 is 0. The number of aromatic nitrogens is 1. The Balaban J connectivity index is 2.46. The third kappa shape index (κ3) is 5.69. The summed E-state index contributed by atoms with van der Waals surface area (Å²) in [5.74, 6) is -0.682. The van der Waals surface area contributed by atoms with Crippen LogP contribution in [0.15, 0.2) is 24.5 Å². The number of hydrogen-bond donors (Lipinski definition) is 2. The van der Waals surface area contributed by atoms with Crippen LogP contribution in [0.25, 0.3) is 0 Å². The number of carbonyl (C=O) groups is 1. The van der Waals surface area contributed by atoms with Crippen LogP contribution in [-0.4, -0.2) is 29.7 Å². The van der Waals surface area contributed by atoms with Crippen molar-refractivity contribution in [1.29, 1.82) is 0 Å². The normalized spacial score (nSPS) is 14.8. The largest absolute Gasteiger partial charge is 0.405 e. The van der Waals surface area contributed by atoms with Gasteiger partial charge in [-0.25, -0.2) is 0 Å². The minimum atomic E-state index is -4.40. The van der Waals surface area contributed by atoms with E-state index in [-0.39, 0.29) is 6.04 Å². The van der Waals surface area contributed by atoms with E-state index in [9.17, 15) is 18.0 Å². The van der Waals surface area contributed by atoms with E-state index in [2.05, 4.69) is 10.3 Å². The Morgan fingerprint density at radius 1 is 1.32 bits per heavy atom. The first-order chi connectivity index (χ1) is 8.79. The number of amides is 1. The van der Waals surface area contributed by atoms with Gasteiger partial charge in [0.2, 0.25) is 5.91 Å². The number of nitrogens with one attached hydrogen (secondary N) is 2. The minimum Gasteiger partial charge on any atom is -0.346 e. The zero-order chi connectivity index (χ0) is 14.5. The van der Waals surface area contributed by atoms with Crippen molar-refractivity contribution < 1.29 is 18.0 Å². The Kier molecular flexibility index (Phi) is 5.29. The molecule has 0 spiro atoms. The van der Waals surface area contributed by atoms with E-state index < -0.39 is 24.7 Å². The van der Waals surface area contributed by atoms with Gasteiger partial charge in [0.05, 0.1) is 6.04 Å². The van der Waals surface area contributed by atoms with Crippen LogP contribution in [0.1, 0.15) is 25.5 Å². The molecule has 1 rings (SSSR count). The molecule has 1 heterocycles. The Morgan fingerprint density at radius 3 is 2.42 bits per heavy atom. The summed E-state index contributed by atoms with van der Waals surface area (Å²) in [6.45, 7) is 2.02. The Hall–Kier alpha value is -1.63. The van der Waals surface area contributed by atoms with Gasteiger partial charge in [-0.2, -0.15) is 13.2 Å². The number of alkyl halides is 3. The minimum absolute atomic E-state index is 0.158. The van der Waals surface area contributed by atoms with Crippen LogP contribution >= 0.6 is 0 Å². The van der Waals surface area contributed by atoms with Gasteiger partial charge in [0.15, 0.2) is 0 Å². The van der Waals surface area contributed by atoms with Crippen molar-refractivity contribution in [3.8, 4) is 0 Å². The van der Waals surface area contributed by atoms with Gasteiger partial charge in [-0.05, 0) is 31.5 Å². The first kappa shape index (κ1) is 15.4. The highest BCUT2D eigenvalue weighted by Crippen LogP contribution is 2.13. The summed E-state index contributed by atoms with van der Waals surface area (Å²) in [7, 11) is 0. The number of nitrogens with zero attached hydrogens (tertiary/aromatic N) is 1. The van der Waals surface area contributed by atoms with Crippen molar-refractivity contribution in [3.05, 3.63) is 30.1 Å². The second-order valence-corrected chi connectivity index (χ2v) is 4.22. The van der Waals surface area contributed by atoms with Gasteiger partial charge >= 0.3 is 6.18 Å². The number of halogens is 3. The van der Waals surface area contributed by atoms with Crippen LogP contribution in [0, 0.1) is 0 Å². The molecule has 7 heteroatoms. The lowest BCUT2D eigenvalue weighted by atomic mass is 10.1. The summed E-state index contributed by atoms with van der Waals surface area (Å²) in [6.07, 6.45) is -1.17. The Morgan fingerprint density at radius 2 is 1.89 bits per heavy atom. The average Bonchev–Trinajstić information content (AvgIpc) is 2.36. The van der Waals surface area contributed by atoms with Gasteiger partial charge < -0.3 is 5.32 Å². The Bertz CT molecular complexity index is 408. The molecule has 0 saturated carbocycles. The molecule has 2 atom stereocenters. The van der Waals surface area contributed by atoms with Crippen LogP contribution in [0.2, 0.25) is 0 Å². The van der Waals surface area contributed by atoms with E-state index in [1.807, 2.05) is 12.2 Å². The quantitative estimate of drug-likeness (QED) is 0.861. The molecule has 19 heavy (non-hydrogen) atoms. The van der Waals surface area contributed by atoms with Crippen molar-refractivity contribution in [3.63, 3.8) is 0 Å². The number of hydrogen-bond acceptors (Lipinski definition) is 3. The molecular weight excluding hydrogens is 259 g/mol. The van der Waals surface area contributed by atoms with Gasteiger partial charge in [-0.3, -0.25) is 15.1 Å². The van der Waals surface area contributed by atoms with Crippen molar-refractivity contribution in [2.45, 2.75) is 32.1 Å². The van der Waals surface area contributed by atoms with Gasteiger partial charge in [-0.1, -0.05) is 0 Å². The number of carbonyl (C=O) groups excluding carboxylic acids is 1. The van der Waals surface area contributed by atoms with Gasteiger partial charge in [0.1, 0.15) is 6.54 Å². The predicted molar refractivity (Wildman–Crippen MR) is 64.3 cm³/mol. The molecule has 0 aromatic carbocycles. The summed E-state index contributed by atoms with van der Waals surface area (Å²) in [5.41, 5.74) is 0.908. The maximum atomic E-state index is 12.0. The molecule has 0 radical (unpaired) electrons. The van der Waals surface area contributed by atoms with E-state index in [1.165, 1.54) is 6.92 Å². The molecule has 0 fully saturated rings. The van der Waals surface area contributed by atoms with E-state index >= 15 is 0 Å². The molecule has 0 bridgehead atoms. The lowest BCUT2D eigenvalue weighted by molar-refractivity contribution is -0.139. The molecule has 0 aliphatic rings. The molecule has 1 aromatic rings. The van der Waals surface area contributed by atoms with Crippen molar-refractivity contribution in [2.24, 2.45) is 0 Å². The summed E-state index contributed by atoms with van der Waals surface area (Å²) in [4.78, 5) is 15.3. The topological polar surface area (TPSA) is 54.0 Å². The first-order valence-electron chi connectivity index (χ1n) is 5.80. The summed E-state index contributed by atoms with van der Waals surface area (Å²) in [6, 6.07) is 2.68. The van der Waals surface area contributed by atoms with Crippen molar-refractivity contribution in [2.75, 3.05) is 6.54 Å². The SMILES string of the molecule is CC(N[C@@H](C)c1ccncc1)C(=O)NCC(F)(F)F. The second kappa shape index (κ2) is 6.51. The second-order valence-electron chi connectivity index (χ2n) is 4.22. The van der Waals surface area contributed by atoms with E-state index in [1.54, 1.807) is 24.5 Å². The average molecular weight is 275 g/mol. The third-order valence-corrected chi connectivity index (χ3v) is 2.56.